The van der Waals surface area contributed by atoms with Crippen molar-refractivity contribution in [3.8, 4) is 0 Å². The molecule has 1 aromatic rings. The molecule has 0 aromatic heterocycles. The molecule has 6 heteroatoms. The lowest BCUT2D eigenvalue weighted by Gasteiger charge is -2.14. The van der Waals surface area contributed by atoms with Crippen molar-refractivity contribution in [2.75, 3.05) is 6.54 Å². The molecule has 0 atom stereocenters. The first-order valence-electron chi connectivity index (χ1n) is 5.05. The van der Waals surface area contributed by atoms with E-state index < -0.39 is 17.8 Å². The van der Waals surface area contributed by atoms with E-state index in [2.05, 4.69) is 10.7 Å². The van der Waals surface area contributed by atoms with Gasteiger partial charge in [-0.2, -0.15) is 0 Å². The molecule has 0 bridgehead atoms. The van der Waals surface area contributed by atoms with Crippen molar-refractivity contribution in [3.05, 3.63) is 35.4 Å². The number of imide groups is 1. The van der Waals surface area contributed by atoms with Crippen molar-refractivity contribution >= 4 is 17.8 Å². The van der Waals surface area contributed by atoms with Gasteiger partial charge in [0.25, 0.3) is 5.91 Å². The van der Waals surface area contributed by atoms with Crippen LogP contribution in [-0.4, -0.2) is 29.4 Å². The van der Waals surface area contributed by atoms with E-state index in [-0.39, 0.29) is 6.54 Å². The monoisotopic (exact) mass is 233 g/mol. The maximum absolute atomic E-state index is 11.8. The van der Waals surface area contributed by atoms with Gasteiger partial charge >= 0.3 is 6.03 Å². The molecule has 0 aliphatic carbocycles. The van der Waals surface area contributed by atoms with Gasteiger partial charge in [0.2, 0.25) is 5.91 Å². The number of hydrazine groups is 1. The molecule has 0 unspecified atom stereocenters. The van der Waals surface area contributed by atoms with Gasteiger partial charge in [0.15, 0.2) is 0 Å². The molecule has 0 radical (unpaired) electrons. The van der Waals surface area contributed by atoms with Gasteiger partial charge in [0.1, 0.15) is 6.54 Å². The Labute approximate surface area is 97.6 Å². The Morgan fingerprint density at radius 3 is 2.76 bits per heavy atom. The number of benzene rings is 1. The summed E-state index contributed by atoms with van der Waals surface area (Å²) in [5.74, 6) is -0.849. The Morgan fingerprint density at radius 1 is 1.41 bits per heavy atom. The fraction of sp³-hybridized carbons (Fsp3) is 0.182. The van der Waals surface area contributed by atoms with E-state index in [1.807, 2.05) is 13.0 Å². The molecule has 4 amide bonds. The minimum Gasteiger partial charge on any atom is -0.275 e. The number of carbonyl (C=O) groups is 3. The van der Waals surface area contributed by atoms with E-state index in [4.69, 9.17) is 0 Å². The third-order valence-electron chi connectivity index (χ3n) is 2.31. The molecule has 1 saturated heterocycles. The lowest BCUT2D eigenvalue weighted by molar-refractivity contribution is -0.118. The van der Waals surface area contributed by atoms with Crippen molar-refractivity contribution in [3.63, 3.8) is 0 Å². The van der Waals surface area contributed by atoms with E-state index in [0.717, 1.165) is 10.6 Å². The highest BCUT2D eigenvalue weighted by atomic mass is 16.2. The molecule has 17 heavy (non-hydrogen) atoms. The summed E-state index contributed by atoms with van der Waals surface area (Å²) < 4.78 is 0. The zero-order valence-electron chi connectivity index (χ0n) is 9.19. The molecule has 6 nitrogen and oxygen atoms in total. The van der Waals surface area contributed by atoms with Gasteiger partial charge in [-0.1, -0.05) is 17.7 Å². The van der Waals surface area contributed by atoms with E-state index >= 15 is 0 Å². The number of nitrogens with zero attached hydrogens (tertiary/aromatic N) is 1. The van der Waals surface area contributed by atoms with Crippen LogP contribution in [0, 0.1) is 6.92 Å². The first-order chi connectivity index (χ1) is 8.06. The van der Waals surface area contributed by atoms with E-state index in [1.165, 1.54) is 0 Å². The quantitative estimate of drug-likeness (QED) is 0.716. The van der Waals surface area contributed by atoms with Crippen LogP contribution in [0.2, 0.25) is 0 Å². The molecule has 0 saturated carbocycles. The van der Waals surface area contributed by atoms with E-state index in [0.29, 0.717) is 5.56 Å². The molecular weight excluding hydrogens is 222 g/mol. The van der Waals surface area contributed by atoms with Gasteiger partial charge in [-0.25, -0.2) is 9.80 Å². The summed E-state index contributed by atoms with van der Waals surface area (Å²) in [6.07, 6.45) is 0. The number of hydrogen-bond acceptors (Lipinski definition) is 3. The van der Waals surface area contributed by atoms with Gasteiger partial charge in [-0.3, -0.25) is 20.3 Å². The number of carbonyl (C=O) groups excluding carboxylic acids is 3. The van der Waals surface area contributed by atoms with Crippen LogP contribution in [0.4, 0.5) is 4.79 Å². The molecular formula is C11H11N3O3. The van der Waals surface area contributed by atoms with Crippen molar-refractivity contribution < 1.29 is 14.4 Å². The predicted octanol–water partition coefficient (Wildman–Crippen LogP) is 0.192. The topological polar surface area (TPSA) is 78.5 Å². The molecule has 1 fully saturated rings. The lowest BCUT2D eigenvalue weighted by atomic mass is 10.1. The molecule has 1 heterocycles. The third-order valence-corrected chi connectivity index (χ3v) is 2.31. The van der Waals surface area contributed by atoms with Gasteiger partial charge in [-0.05, 0) is 19.1 Å². The van der Waals surface area contributed by atoms with Crippen LogP contribution in [0.25, 0.3) is 0 Å². The maximum Gasteiger partial charge on any atom is 0.343 e. The number of aryl methyl sites for hydroxylation is 1. The van der Waals surface area contributed by atoms with Crippen molar-refractivity contribution in [2.45, 2.75) is 6.92 Å². The standard InChI is InChI=1S/C11H11N3O3/c1-7-3-2-4-8(5-7)10(16)13-14-6-9(15)12-11(14)17/h2-5H,6H2,1H3,(H,13,16)(H,12,15,17). The molecule has 2 N–H and O–H groups in total. The molecule has 1 aromatic carbocycles. The first-order valence-corrected chi connectivity index (χ1v) is 5.05. The summed E-state index contributed by atoms with van der Waals surface area (Å²) in [6, 6.07) is 6.34. The van der Waals surface area contributed by atoms with Crippen molar-refractivity contribution in [2.24, 2.45) is 0 Å². The normalized spacial score (nSPS) is 14.8. The highest BCUT2D eigenvalue weighted by Gasteiger charge is 2.28. The lowest BCUT2D eigenvalue weighted by Crippen LogP contribution is -2.44. The Bertz CT molecular complexity index is 498. The van der Waals surface area contributed by atoms with Gasteiger partial charge in [-0.15, -0.1) is 0 Å². The maximum atomic E-state index is 11.8. The Balaban J connectivity index is 2.07. The summed E-state index contributed by atoms with van der Waals surface area (Å²) in [5.41, 5.74) is 3.75. The summed E-state index contributed by atoms with van der Waals surface area (Å²) in [6.45, 7) is 1.71. The molecule has 2 rings (SSSR count). The summed E-state index contributed by atoms with van der Waals surface area (Å²) >= 11 is 0. The van der Waals surface area contributed by atoms with Crippen LogP contribution in [0.3, 0.4) is 0 Å². The minimum atomic E-state index is -0.615. The molecule has 1 aliphatic heterocycles. The Morgan fingerprint density at radius 2 is 2.18 bits per heavy atom. The number of amides is 4. The van der Waals surface area contributed by atoms with E-state index in [9.17, 15) is 14.4 Å². The minimum absolute atomic E-state index is 0.156. The van der Waals surface area contributed by atoms with Crippen LogP contribution >= 0.6 is 0 Å². The fourth-order valence-electron chi connectivity index (χ4n) is 1.51. The second-order valence-corrected chi connectivity index (χ2v) is 3.75. The van der Waals surface area contributed by atoms with Gasteiger partial charge in [0.05, 0.1) is 0 Å². The van der Waals surface area contributed by atoms with Crippen molar-refractivity contribution in [1.82, 2.24) is 15.8 Å². The number of hydrogen-bond donors (Lipinski definition) is 2. The van der Waals surface area contributed by atoms with Crippen LogP contribution in [0.1, 0.15) is 15.9 Å². The molecule has 88 valence electrons. The number of urea groups is 1. The van der Waals surface area contributed by atoms with Crippen LogP contribution < -0.4 is 10.7 Å². The van der Waals surface area contributed by atoms with Crippen molar-refractivity contribution in [1.29, 1.82) is 0 Å². The Hall–Kier alpha value is -2.37. The third kappa shape index (κ3) is 2.41. The zero-order valence-corrected chi connectivity index (χ0v) is 9.19. The highest BCUT2D eigenvalue weighted by Crippen LogP contribution is 2.04. The summed E-state index contributed by atoms with van der Waals surface area (Å²) in [7, 11) is 0. The fourth-order valence-corrected chi connectivity index (χ4v) is 1.51. The number of nitrogens with one attached hydrogen (secondary N) is 2. The second kappa shape index (κ2) is 4.25. The molecule has 0 spiro atoms. The van der Waals surface area contributed by atoms with Gasteiger partial charge in [0, 0.05) is 5.56 Å². The SMILES string of the molecule is Cc1cccc(C(=O)NN2CC(=O)NC2=O)c1. The zero-order chi connectivity index (χ0) is 12.4. The smallest absolute Gasteiger partial charge is 0.275 e. The predicted molar refractivity (Wildman–Crippen MR) is 58.9 cm³/mol. The molecule has 1 aliphatic rings. The highest BCUT2D eigenvalue weighted by molar-refractivity contribution is 6.03. The largest absolute Gasteiger partial charge is 0.343 e. The second-order valence-electron chi connectivity index (χ2n) is 3.75. The van der Waals surface area contributed by atoms with Crippen LogP contribution in [0.5, 0.6) is 0 Å². The average molecular weight is 233 g/mol. The summed E-state index contributed by atoms with van der Waals surface area (Å²) in [5, 5.41) is 3.02. The van der Waals surface area contributed by atoms with E-state index in [1.54, 1.807) is 18.2 Å². The average Bonchev–Trinajstić information content (AvgIpc) is 2.57. The van der Waals surface area contributed by atoms with Crippen LogP contribution in [0.15, 0.2) is 24.3 Å². The summed E-state index contributed by atoms with van der Waals surface area (Å²) in [4.78, 5) is 33.9. The first kappa shape index (κ1) is 11.1. The van der Waals surface area contributed by atoms with Gasteiger partial charge < -0.3 is 0 Å². The Kier molecular flexibility index (Phi) is 2.78. The number of rotatable bonds is 2. The van der Waals surface area contributed by atoms with Crippen LogP contribution in [-0.2, 0) is 4.79 Å².